The van der Waals surface area contributed by atoms with Gasteiger partial charge in [0.05, 0.1) is 5.69 Å². The van der Waals surface area contributed by atoms with E-state index in [0.29, 0.717) is 0 Å². The van der Waals surface area contributed by atoms with Crippen molar-refractivity contribution in [2.45, 2.75) is 13.8 Å². The summed E-state index contributed by atoms with van der Waals surface area (Å²) in [6.45, 7) is 4.27. The van der Waals surface area contributed by atoms with Gasteiger partial charge in [-0.2, -0.15) is 0 Å². The molecule has 7 rings (SSSR count). The molecule has 2 heterocycles. The van der Waals surface area contributed by atoms with Gasteiger partial charge in [-0.15, -0.1) is 0 Å². The summed E-state index contributed by atoms with van der Waals surface area (Å²) >= 11 is 0. The second-order valence-electron chi connectivity index (χ2n) is 10.3. The van der Waals surface area contributed by atoms with E-state index in [2.05, 4.69) is 127 Å². The van der Waals surface area contributed by atoms with E-state index in [9.17, 15) is 0 Å². The third kappa shape index (κ3) is 4.06. The molecular weight excluding hydrogens is 484 g/mol. The van der Waals surface area contributed by atoms with Crippen LogP contribution in [0.3, 0.4) is 0 Å². The van der Waals surface area contributed by atoms with Gasteiger partial charge in [-0.05, 0) is 93.0 Å². The highest BCUT2D eigenvalue weighted by atomic mass is 14.7. The average Bonchev–Trinajstić information content (AvgIpc) is 3.01. The Bertz CT molecular complexity index is 1950. The molecule has 0 aliphatic heterocycles. The first-order chi connectivity index (χ1) is 19.7. The molecule has 0 amide bonds. The zero-order chi connectivity index (χ0) is 27.1. The van der Waals surface area contributed by atoms with E-state index in [1.807, 2.05) is 30.6 Å². The van der Waals surface area contributed by atoms with Crippen molar-refractivity contribution >= 4 is 21.5 Å². The molecule has 0 N–H and O–H groups in total. The number of fused-ring (bicyclic) bond motifs is 2. The highest BCUT2D eigenvalue weighted by Crippen LogP contribution is 2.45. The van der Waals surface area contributed by atoms with E-state index >= 15 is 0 Å². The predicted octanol–water partition coefficient (Wildman–Crippen LogP) is 10.1. The van der Waals surface area contributed by atoms with Gasteiger partial charge in [-0.3, -0.25) is 9.97 Å². The summed E-state index contributed by atoms with van der Waals surface area (Å²) in [6.07, 6.45) is 3.70. The van der Waals surface area contributed by atoms with Crippen LogP contribution in [-0.2, 0) is 0 Å². The van der Waals surface area contributed by atoms with Crippen molar-refractivity contribution in [1.29, 1.82) is 0 Å². The quantitative estimate of drug-likeness (QED) is 0.219. The molecule has 0 saturated heterocycles. The largest absolute Gasteiger partial charge is 0.261 e. The second kappa shape index (κ2) is 9.91. The molecule has 0 radical (unpaired) electrons. The van der Waals surface area contributed by atoms with Gasteiger partial charge in [-0.1, -0.05) is 97.1 Å². The van der Waals surface area contributed by atoms with Crippen LogP contribution in [0.2, 0.25) is 0 Å². The van der Waals surface area contributed by atoms with E-state index < -0.39 is 0 Å². The topological polar surface area (TPSA) is 25.8 Å². The van der Waals surface area contributed by atoms with Crippen LogP contribution in [0.25, 0.3) is 66.2 Å². The smallest absolute Gasteiger partial charge is 0.0702 e. The first-order valence-corrected chi connectivity index (χ1v) is 13.7. The molecule has 40 heavy (non-hydrogen) atoms. The molecule has 5 aromatic carbocycles. The Kier molecular flexibility index (Phi) is 5.94. The Morgan fingerprint density at radius 2 is 1.00 bits per heavy atom. The number of pyridine rings is 2. The van der Waals surface area contributed by atoms with Crippen LogP contribution < -0.4 is 0 Å². The summed E-state index contributed by atoms with van der Waals surface area (Å²) < 4.78 is 0. The minimum absolute atomic E-state index is 0.993. The van der Waals surface area contributed by atoms with Gasteiger partial charge < -0.3 is 0 Å². The standard InChI is InChI=1S/C38H28N2/c1-25-24-29(36-15-7-8-22-40-36)20-21-30(25)38-34-12-5-3-10-32(34)37(33-11-4-6-13-35(33)38)28-18-16-27(17-19-28)31-14-9-23-39-26(31)2/h3-24H,1-2H3. The Morgan fingerprint density at radius 1 is 0.425 bits per heavy atom. The number of rotatable bonds is 4. The maximum atomic E-state index is 4.56. The molecule has 7 aromatic rings. The molecule has 0 unspecified atom stereocenters. The number of hydrogen-bond acceptors (Lipinski definition) is 2. The van der Waals surface area contributed by atoms with Crippen molar-refractivity contribution in [1.82, 2.24) is 9.97 Å². The first kappa shape index (κ1) is 24.0. The van der Waals surface area contributed by atoms with E-state index in [-0.39, 0.29) is 0 Å². The van der Waals surface area contributed by atoms with Crippen LogP contribution in [0.1, 0.15) is 11.3 Å². The number of benzene rings is 5. The first-order valence-electron chi connectivity index (χ1n) is 13.7. The summed E-state index contributed by atoms with van der Waals surface area (Å²) in [5.41, 5.74) is 11.8. The Labute approximate surface area is 234 Å². The van der Waals surface area contributed by atoms with Gasteiger partial charge >= 0.3 is 0 Å². The van der Waals surface area contributed by atoms with Crippen LogP contribution in [-0.4, -0.2) is 9.97 Å². The molecule has 2 heteroatoms. The van der Waals surface area contributed by atoms with E-state index in [1.54, 1.807) is 0 Å². The summed E-state index contributed by atoms with van der Waals surface area (Å²) in [5.74, 6) is 0. The van der Waals surface area contributed by atoms with Crippen LogP contribution in [0.15, 0.2) is 134 Å². The molecule has 0 aliphatic carbocycles. The van der Waals surface area contributed by atoms with Crippen LogP contribution in [0.4, 0.5) is 0 Å². The van der Waals surface area contributed by atoms with Gasteiger partial charge in [0.1, 0.15) is 0 Å². The number of nitrogens with zero attached hydrogens (tertiary/aromatic N) is 2. The molecule has 190 valence electrons. The average molecular weight is 513 g/mol. The minimum Gasteiger partial charge on any atom is -0.261 e. The molecule has 0 atom stereocenters. The molecule has 0 bridgehead atoms. The van der Waals surface area contributed by atoms with Crippen molar-refractivity contribution in [3.05, 3.63) is 145 Å². The lowest BCUT2D eigenvalue weighted by Gasteiger charge is -2.19. The lowest BCUT2D eigenvalue weighted by Crippen LogP contribution is -1.93. The number of aryl methyl sites for hydroxylation is 2. The van der Waals surface area contributed by atoms with E-state index in [4.69, 9.17) is 0 Å². The van der Waals surface area contributed by atoms with E-state index in [0.717, 1.165) is 17.0 Å². The van der Waals surface area contributed by atoms with Gasteiger partial charge in [0.25, 0.3) is 0 Å². The van der Waals surface area contributed by atoms with Crippen molar-refractivity contribution in [2.75, 3.05) is 0 Å². The fourth-order valence-corrected chi connectivity index (χ4v) is 5.97. The second-order valence-corrected chi connectivity index (χ2v) is 10.3. The summed E-state index contributed by atoms with van der Waals surface area (Å²) in [6, 6.07) is 43.5. The van der Waals surface area contributed by atoms with Crippen molar-refractivity contribution in [2.24, 2.45) is 0 Å². The highest BCUT2D eigenvalue weighted by molar-refractivity contribution is 6.21. The summed E-state index contributed by atoms with van der Waals surface area (Å²) in [7, 11) is 0. The number of hydrogen-bond donors (Lipinski definition) is 0. The number of aromatic nitrogens is 2. The molecule has 2 aromatic heterocycles. The molecule has 0 aliphatic rings. The molecule has 0 fully saturated rings. The maximum absolute atomic E-state index is 4.56. The van der Waals surface area contributed by atoms with Crippen molar-refractivity contribution in [3.63, 3.8) is 0 Å². The SMILES string of the molecule is Cc1cc(-c2ccccn2)ccc1-c1c2ccccc2c(-c2ccc(-c3cccnc3C)cc2)c2ccccc12. The zero-order valence-corrected chi connectivity index (χ0v) is 22.6. The van der Waals surface area contributed by atoms with Gasteiger partial charge in [0, 0.05) is 29.2 Å². The summed E-state index contributed by atoms with van der Waals surface area (Å²) in [4.78, 5) is 9.05. The fraction of sp³-hybridized carbons (Fsp3) is 0.0526. The Morgan fingerprint density at radius 3 is 1.60 bits per heavy atom. The lowest BCUT2D eigenvalue weighted by atomic mass is 9.84. The molecule has 2 nitrogen and oxygen atoms in total. The maximum Gasteiger partial charge on any atom is 0.0702 e. The third-order valence-corrected chi connectivity index (χ3v) is 7.88. The van der Waals surface area contributed by atoms with Crippen LogP contribution in [0, 0.1) is 13.8 Å². The van der Waals surface area contributed by atoms with Gasteiger partial charge in [0.2, 0.25) is 0 Å². The molecule has 0 saturated carbocycles. The van der Waals surface area contributed by atoms with Crippen molar-refractivity contribution < 1.29 is 0 Å². The summed E-state index contributed by atoms with van der Waals surface area (Å²) in [5, 5.41) is 5.04. The Balaban J connectivity index is 1.45. The monoisotopic (exact) mass is 512 g/mol. The van der Waals surface area contributed by atoms with Crippen LogP contribution >= 0.6 is 0 Å². The van der Waals surface area contributed by atoms with Gasteiger partial charge in [0.15, 0.2) is 0 Å². The van der Waals surface area contributed by atoms with Crippen molar-refractivity contribution in [3.8, 4) is 44.6 Å². The van der Waals surface area contributed by atoms with E-state index in [1.165, 1.54) is 60.5 Å². The highest BCUT2D eigenvalue weighted by Gasteiger charge is 2.18. The minimum atomic E-state index is 0.993. The molecular formula is C38H28N2. The molecule has 0 spiro atoms. The lowest BCUT2D eigenvalue weighted by molar-refractivity contribution is 1.20. The zero-order valence-electron chi connectivity index (χ0n) is 22.6. The Hall–Kier alpha value is -5.08. The normalized spacial score (nSPS) is 11.2. The van der Waals surface area contributed by atoms with Gasteiger partial charge in [-0.25, -0.2) is 0 Å². The predicted molar refractivity (Wildman–Crippen MR) is 168 cm³/mol. The third-order valence-electron chi connectivity index (χ3n) is 7.88. The fourth-order valence-electron chi connectivity index (χ4n) is 5.97. The van der Waals surface area contributed by atoms with Crippen LogP contribution in [0.5, 0.6) is 0 Å².